The van der Waals surface area contributed by atoms with Gasteiger partial charge in [-0.15, -0.1) is 0 Å². The van der Waals surface area contributed by atoms with E-state index in [0.29, 0.717) is 53.6 Å². The van der Waals surface area contributed by atoms with Crippen LogP contribution in [0, 0.1) is 12.8 Å². The lowest BCUT2D eigenvalue weighted by Gasteiger charge is -2.15. The van der Waals surface area contributed by atoms with Gasteiger partial charge in [0.2, 0.25) is 0 Å². The summed E-state index contributed by atoms with van der Waals surface area (Å²) >= 11 is 0. The molecule has 24 heavy (non-hydrogen) atoms. The van der Waals surface area contributed by atoms with Crippen molar-refractivity contribution in [2.75, 3.05) is 5.32 Å². The summed E-state index contributed by atoms with van der Waals surface area (Å²) in [7, 11) is 0. The van der Waals surface area contributed by atoms with E-state index < -0.39 is 0 Å². The van der Waals surface area contributed by atoms with Gasteiger partial charge in [0, 0.05) is 5.70 Å². The van der Waals surface area contributed by atoms with Gasteiger partial charge in [-0.05, 0) is 43.9 Å². The number of anilines is 1. The number of carbonyl (C=O) groups excluding carboxylic acids is 1. The number of hydrogen-bond acceptors (Lipinski definition) is 5. The quantitative estimate of drug-likeness (QED) is 0.434. The smallest absolute Gasteiger partial charge is 0.163 e. The van der Waals surface area contributed by atoms with Gasteiger partial charge in [0.25, 0.3) is 0 Å². The van der Waals surface area contributed by atoms with E-state index in [2.05, 4.69) is 26.9 Å². The van der Waals surface area contributed by atoms with Crippen molar-refractivity contribution in [3.63, 3.8) is 0 Å². The third kappa shape index (κ3) is 5.53. The zero-order chi connectivity index (χ0) is 18.1. The van der Waals surface area contributed by atoms with Crippen LogP contribution in [-0.4, -0.2) is 22.0 Å². The lowest BCUT2D eigenvalue weighted by molar-refractivity contribution is -0.102. The van der Waals surface area contributed by atoms with Crippen LogP contribution in [0.15, 0.2) is 47.7 Å². The highest BCUT2D eigenvalue weighted by atomic mass is 19.1. The number of carbonyl (C=O) groups is 1. The Balaban J connectivity index is 3.38. The Labute approximate surface area is 142 Å². The Kier molecular flexibility index (Phi) is 7.68. The standard InChI is InChI=1S/C18H23FN4O/c1-6-16(15(7-8-19)9-12(2)3)23-18-17(22-13(4)10-24)14(5)20-11-21-18/h6-8,10-12H,1,9H2,2-5H3,(H,20,21,23)/b8-7+,16-15-,22-13?. The predicted molar refractivity (Wildman–Crippen MR) is 96.2 cm³/mol. The number of aryl methyl sites for hydroxylation is 1. The summed E-state index contributed by atoms with van der Waals surface area (Å²) in [6, 6.07) is 0. The first-order valence-electron chi connectivity index (χ1n) is 7.64. The second-order valence-corrected chi connectivity index (χ2v) is 5.69. The van der Waals surface area contributed by atoms with Gasteiger partial charge in [0.05, 0.1) is 17.7 Å². The number of aldehydes is 1. The van der Waals surface area contributed by atoms with E-state index in [1.54, 1.807) is 19.9 Å². The number of hydrogen-bond donors (Lipinski definition) is 1. The third-order valence-corrected chi connectivity index (χ3v) is 3.16. The molecule has 0 aliphatic heterocycles. The fraction of sp³-hybridized carbons (Fsp3) is 0.333. The molecule has 0 radical (unpaired) electrons. The van der Waals surface area contributed by atoms with Gasteiger partial charge in [-0.25, -0.2) is 19.4 Å². The Morgan fingerprint density at radius 3 is 2.71 bits per heavy atom. The molecule has 0 aromatic carbocycles. The van der Waals surface area contributed by atoms with Gasteiger partial charge in [0.15, 0.2) is 12.1 Å². The summed E-state index contributed by atoms with van der Waals surface area (Å²) in [6.07, 6.45) is 6.25. The largest absolute Gasteiger partial charge is 0.338 e. The fourth-order valence-electron chi connectivity index (χ4n) is 2.07. The number of nitrogens with one attached hydrogen (secondary N) is 1. The monoisotopic (exact) mass is 330 g/mol. The summed E-state index contributed by atoms with van der Waals surface area (Å²) in [6.45, 7) is 11.3. The first-order valence-corrected chi connectivity index (χ1v) is 7.64. The minimum atomic E-state index is 0.311. The minimum Gasteiger partial charge on any atom is -0.338 e. The first kappa shape index (κ1) is 19.4. The van der Waals surface area contributed by atoms with Crippen molar-refractivity contribution in [1.29, 1.82) is 0 Å². The van der Waals surface area contributed by atoms with E-state index in [1.807, 2.05) is 13.8 Å². The van der Waals surface area contributed by atoms with Crippen molar-refractivity contribution in [1.82, 2.24) is 9.97 Å². The van der Waals surface area contributed by atoms with Crippen LogP contribution < -0.4 is 5.32 Å². The zero-order valence-corrected chi connectivity index (χ0v) is 14.5. The van der Waals surface area contributed by atoms with Gasteiger partial charge < -0.3 is 5.32 Å². The highest BCUT2D eigenvalue weighted by molar-refractivity contribution is 6.27. The van der Waals surface area contributed by atoms with Gasteiger partial charge in [-0.3, -0.25) is 4.79 Å². The maximum Gasteiger partial charge on any atom is 0.163 e. The molecule has 0 saturated heterocycles. The van der Waals surface area contributed by atoms with E-state index in [0.717, 1.165) is 5.57 Å². The molecule has 1 aromatic heterocycles. The number of aromatic nitrogens is 2. The van der Waals surface area contributed by atoms with Crippen LogP contribution in [-0.2, 0) is 4.79 Å². The topological polar surface area (TPSA) is 67.2 Å². The van der Waals surface area contributed by atoms with Crippen LogP contribution in [0.5, 0.6) is 0 Å². The molecule has 0 amide bonds. The van der Waals surface area contributed by atoms with Crippen molar-refractivity contribution in [3.05, 3.63) is 48.4 Å². The van der Waals surface area contributed by atoms with Gasteiger partial charge in [0.1, 0.15) is 12.0 Å². The number of aliphatic imine (C=N–C) groups is 1. The number of halogens is 1. The van der Waals surface area contributed by atoms with E-state index in [1.165, 1.54) is 12.4 Å². The average molecular weight is 330 g/mol. The molecule has 128 valence electrons. The number of allylic oxidation sites excluding steroid dienone is 3. The molecule has 0 atom stereocenters. The maximum absolute atomic E-state index is 12.7. The summed E-state index contributed by atoms with van der Waals surface area (Å²) in [5.74, 6) is 0.780. The van der Waals surface area contributed by atoms with Gasteiger partial charge in [-0.1, -0.05) is 20.4 Å². The normalized spacial score (nSPS) is 13.2. The molecule has 6 heteroatoms. The lowest BCUT2D eigenvalue weighted by atomic mass is 10.0. The summed E-state index contributed by atoms with van der Waals surface area (Å²) < 4.78 is 12.7. The van der Waals surface area contributed by atoms with Crippen molar-refractivity contribution >= 4 is 23.5 Å². The van der Waals surface area contributed by atoms with Crippen LogP contribution in [0.2, 0.25) is 0 Å². The second kappa shape index (κ2) is 9.50. The highest BCUT2D eigenvalue weighted by Crippen LogP contribution is 2.28. The van der Waals surface area contributed by atoms with E-state index in [-0.39, 0.29) is 0 Å². The summed E-state index contributed by atoms with van der Waals surface area (Å²) in [4.78, 5) is 23.4. The molecule has 0 spiro atoms. The lowest BCUT2D eigenvalue weighted by Crippen LogP contribution is -2.06. The SMILES string of the molecule is C=C/C(Nc1ncnc(C)c1N=C(C)C=O)=C(\C=C\F)CC(C)C. The van der Waals surface area contributed by atoms with Crippen molar-refractivity contribution in [3.8, 4) is 0 Å². The molecule has 0 saturated carbocycles. The van der Waals surface area contributed by atoms with Crippen molar-refractivity contribution in [2.45, 2.75) is 34.1 Å². The van der Waals surface area contributed by atoms with Crippen LogP contribution >= 0.6 is 0 Å². The first-order chi connectivity index (χ1) is 11.4. The molecule has 0 unspecified atom stereocenters. The zero-order valence-electron chi connectivity index (χ0n) is 14.5. The Morgan fingerprint density at radius 2 is 2.17 bits per heavy atom. The molecular weight excluding hydrogens is 307 g/mol. The van der Waals surface area contributed by atoms with Crippen molar-refractivity contribution in [2.24, 2.45) is 10.9 Å². The number of rotatable bonds is 8. The van der Waals surface area contributed by atoms with Gasteiger partial charge >= 0.3 is 0 Å². The fourth-order valence-corrected chi connectivity index (χ4v) is 2.07. The molecule has 0 aliphatic rings. The van der Waals surface area contributed by atoms with Gasteiger partial charge in [-0.2, -0.15) is 0 Å². The summed E-state index contributed by atoms with van der Waals surface area (Å²) in [5, 5.41) is 3.13. The maximum atomic E-state index is 12.7. The van der Waals surface area contributed by atoms with Crippen molar-refractivity contribution < 1.29 is 9.18 Å². The average Bonchev–Trinajstić information content (AvgIpc) is 2.54. The molecule has 0 bridgehead atoms. The molecule has 0 fully saturated rings. The molecule has 1 N–H and O–H groups in total. The van der Waals surface area contributed by atoms with E-state index in [9.17, 15) is 9.18 Å². The number of nitrogens with zero attached hydrogens (tertiary/aromatic N) is 3. The minimum absolute atomic E-state index is 0.311. The van der Waals surface area contributed by atoms with Crippen LogP contribution in [0.25, 0.3) is 0 Å². The Morgan fingerprint density at radius 1 is 1.46 bits per heavy atom. The molecule has 0 aliphatic carbocycles. The summed E-state index contributed by atoms with van der Waals surface area (Å²) in [5.41, 5.74) is 2.81. The van der Waals surface area contributed by atoms with Crippen LogP contribution in [0.1, 0.15) is 32.9 Å². The highest BCUT2D eigenvalue weighted by Gasteiger charge is 2.11. The molecular formula is C18H23FN4O. The molecule has 5 nitrogen and oxygen atoms in total. The second-order valence-electron chi connectivity index (χ2n) is 5.69. The molecule has 1 aromatic rings. The van der Waals surface area contributed by atoms with Crippen LogP contribution in [0.4, 0.5) is 15.9 Å². The predicted octanol–water partition coefficient (Wildman–Crippen LogP) is 4.46. The Bertz CT molecular complexity index is 690. The third-order valence-electron chi connectivity index (χ3n) is 3.16. The Hall–Kier alpha value is -2.63. The molecule has 1 rings (SSSR count). The van der Waals surface area contributed by atoms with E-state index >= 15 is 0 Å². The van der Waals surface area contributed by atoms with E-state index in [4.69, 9.17) is 0 Å². The van der Waals surface area contributed by atoms with Crippen LogP contribution in [0.3, 0.4) is 0 Å². The molecule has 1 heterocycles.